The molecule has 0 unspecified atom stereocenters. The van der Waals surface area contributed by atoms with Crippen LogP contribution in [0.1, 0.15) is 38.5 Å². The average molecular weight is 406 g/mol. The number of anilines is 1. The normalized spacial score (nSPS) is 19.1. The number of aromatic carboxylic acids is 1. The van der Waals surface area contributed by atoms with Crippen molar-refractivity contribution >= 4 is 29.3 Å². The summed E-state index contributed by atoms with van der Waals surface area (Å²) >= 11 is 5.99. The number of H-pyrrole nitrogens is 1. The first kappa shape index (κ1) is 19.6. The van der Waals surface area contributed by atoms with Crippen LogP contribution in [0.5, 0.6) is 0 Å². The van der Waals surface area contributed by atoms with Gasteiger partial charge in [-0.05, 0) is 25.5 Å². The first-order chi connectivity index (χ1) is 13.3. The fraction of sp³-hybridized carbons (Fsp3) is 0.333. The lowest BCUT2D eigenvalue weighted by Crippen LogP contribution is -2.52. The van der Waals surface area contributed by atoms with Crippen LogP contribution in [0, 0.1) is 18.3 Å². The molecule has 28 heavy (non-hydrogen) atoms. The number of nitrogens with zero attached hydrogens (tertiary/aromatic N) is 3. The van der Waals surface area contributed by atoms with Crippen LogP contribution in [0.15, 0.2) is 18.3 Å². The van der Waals surface area contributed by atoms with Crippen LogP contribution in [0.2, 0.25) is 5.02 Å². The van der Waals surface area contributed by atoms with Crippen molar-refractivity contribution in [2.75, 3.05) is 18.0 Å². The number of carbonyl (C=O) groups excluding carboxylic acids is 1. The zero-order valence-corrected chi connectivity index (χ0v) is 15.6. The molecule has 1 fully saturated rings. The fourth-order valence-corrected chi connectivity index (χ4v) is 3.30. The predicted molar refractivity (Wildman–Crippen MR) is 99.4 cm³/mol. The van der Waals surface area contributed by atoms with Gasteiger partial charge in [0.15, 0.2) is 0 Å². The van der Waals surface area contributed by atoms with Crippen LogP contribution in [0.25, 0.3) is 0 Å². The van der Waals surface area contributed by atoms with Crippen LogP contribution < -0.4 is 10.2 Å². The minimum atomic E-state index is -1.40. The molecule has 1 aliphatic heterocycles. The van der Waals surface area contributed by atoms with Crippen LogP contribution in [0.3, 0.4) is 0 Å². The Hall–Kier alpha value is -3.12. The summed E-state index contributed by atoms with van der Waals surface area (Å²) in [5.74, 6) is -1.32. The van der Waals surface area contributed by atoms with Crippen molar-refractivity contribution in [2.45, 2.75) is 25.6 Å². The van der Waals surface area contributed by atoms with E-state index in [0.717, 1.165) is 0 Å². The number of halogens is 2. The van der Waals surface area contributed by atoms with Crippen LogP contribution >= 0.6 is 11.6 Å². The van der Waals surface area contributed by atoms with Gasteiger partial charge in [0.25, 0.3) is 5.91 Å². The van der Waals surface area contributed by atoms with E-state index in [2.05, 4.69) is 15.3 Å². The zero-order chi connectivity index (χ0) is 20.4. The number of hydrogen-bond donors (Lipinski definition) is 3. The molecule has 1 aliphatic rings. The Kier molecular flexibility index (Phi) is 5.51. The van der Waals surface area contributed by atoms with Crippen molar-refractivity contribution in [3.8, 4) is 6.07 Å². The van der Waals surface area contributed by atoms with Crippen LogP contribution in [0.4, 0.5) is 10.2 Å². The molecular formula is C18H17ClFN5O3. The van der Waals surface area contributed by atoms with Crippen LogP contribution in [-0.4, -0.2) is 52.3 Å². The number of alkyl halides is 1. The third-order valence-corrected chi connectivity index (χ3v) is 5.10. The maximum absolute atomic E-state index is 14.7. The minimum Gasteiger partial charge on any atom is -0.478 e. The quantitative estimate of drug-likeness (QED) is 0.717. The highest BCUT2D eigenvalue weighted by atomic mass is 35.5. The maximum Gasteiger partial charge on any atom is 0.335 e. The van der Waals surface area contributed by atoms with E-state index < -0.39 is 24.1 Å². The summed E-state index contributed by atoms with van der Waals surface area (Å²) in [6.45, 7) is 1.97. The lowest BCUT2D eigenvalue weighted by atomic mass is 10.0. The highest BCUT2D eigenvalue weighted by Crippen LogP contribution is 2.25. The summed E-state index contributed by atoms with van der Waals surface area (Å²) in [4.78, 5) is 32.0. The third-order valence-electron chi connectivity index (χ3n) is 4.62. The Bertz CT molecular complexity index is 971. The number of carboxylic acids is 1. The van der Waals surface area contributed by atoms with E-state index in [9.17, 15) is 19.2 Å². The molecule has 0 spiro atoms. The number of amides is 1. The molecule has 3 heterocycles. The van der Waals surface area contributed by atoms with Gasteiger partial charge in [-0.1, -0.05) is 11.6 Å². The Labute approximate surface area is 164 Å². The number of nitriles is 1. The van der Waals surface area contributed by atoms with Crippen molar-refractivity contribution in [3.05, 3.63) is 45.9 Å². The smallest absolute Gasteiger partial charge is 0.335 e. The molecule has 0 radical (unpaired) electrons. The number of carbonyl (C=O) groups is 2. The van der Waals surface area contributed by atoms with E-state index in [1.54, 1.807) is 11.8 Å². The Morgan fingerprint density at radius 2 is 2.29 bits per heavy atom. The number of rotatable bonds is 4. The van der Waals surface area contributed by atoms with E-state index in [0.29, 0.717) is 24.5 Å². The topological polar surface area (TPSA) is 122 Å². The van der Waals surface area contributed by atoms with Gasteiger partial charge >= 0.3 is 5.97 Å². The molecule has 2 atom stereocenters. The fourth-order valence-electron chi connectivity index (χ4n) is 3.12. The molecule has 2 aromatic rings. The van der Waals surface area contributed by atoms with Gasteiger partial charge in [-0.25, -0.2) is 14.2 Å². The number of carboxylic acid groups (broad SMARTS) is 1. The van der Waals surface area contributed by atoms with Gasteiger partial charge < -0.3 is 20.3 Å². The van der Waals surface area contributed by atoms with E-state index in [-0.39, 0.29) is 28.4 Å². The number of piperidine rings is 1. The number of hydrogen-bond acceptors (Lipinski definition) is 5. The van der Waals surface area contributed by atoms with Gasteiger partial charge in [-0.2, -0.15) is 5.26 Å². The second kappa shape index (κ2) is 7.86. The first-order valence-corrected chi connectivity index (χ1v) is 8.87. The Morgan fingerprint density at radius 3 is 2.93 bits per heavy atom. The molecule has 0 saturated carbocycles. The molecule has 0 aliphatic carbocycles. The number of aromatic nitrogens is 2. The number of aryl methyl sites for hydroxylation is 1. The minimum absolute atomic E-state index is 0.00968. The SMILES string of the molecule is Cc1[nH]c(C(=O)N[C@@H]2CCN(c3cc(C(=O)O)ccn3)C[C@@H]2F)c(C#N)c1Cl. The molecule has 0 bridgehead atoms. The third kappa shape index (κ3) is 3.77. The largest absolute Gasteiger partial charge is 0.478 e. The summed E-state index contributed by atoms with van der Waals surface area (Å²) in [5, 5.41) is 21.0. The molecule has 146 valence electrons. The van der Waals surface area contributed by atoms with Crippen molar-refractivity contribution in [1.29, 1.82) is 5.26 Å². The van der Waals surface area contributed by atoms with Gasteiger partial charge in [-0.3, -0.25) is 4.79 Å². The van der Waals surface area contributed by atoms with Crippen molar-refractivity contribution < 1.29 is 19.1 Å². The molecule has 0 aromatic carbocycles. The van der Waals surface area contributed by atoms with Crippen molar-refractivity contribution in [1.82, 2.24) is 15.3 Å². The molecule has 3 rings (SSSR count). The first-order valence-electron chi connectivity index (χ1n) is 8.49. The van der Waals surface area contributed by atoms with E-state index in [1.165, 1.54) is 18.3 Å². The van der Waals surface area contributed by atoms with Gasteiger partial charge in [0.1, 0.15) is 29.3 Å². The number of aromatic amines is 1. The maximum atomic E-state index is 14.7. The van der Waals surface area contributed by atoms with E-state index in [1.807, 2.05) is 6.07 Å². The highest BCUT2D eigenvalue weighted by Gasteiger charge is 2.32. The molecule has 1 saturated heterocycles. The monoisotopic (exact) mass is 405 g/mol. The lowest BCUT2D eigenvalue weighted by molar-refractivity contribution is 0.0696. The van der Waals surface area contributed by atoms with Crippen LogP contribution in [-0.2, 0) is 0 Å². The van der Waals surface area contributed by atoms with Gasteiger partial charge in [0, 0.05) is 18.4 Å². The number of nitrogens with one attached hydrogen (secondary N) is 2. The number of pyridine rings is 1. The second-order valence-electron chi connectivity index (χ2n) is 6.46. The summed E-state index contributed by atoms with van der Waals surface area (Å²) in [6, 6.07) is 3.87. The Morgan fingerprint density at radius 1 is 1.54 bits per heavy atom. The lowest BCUT2D eigenvalue weighted by Gasteiger charge is -2.35. The molecular weight excluding hydrogens is 389 g/mol. The molecule has 1 amide bonds. The molecule has 2 aromatic heterocycles. The zero-order valence-electron chi connectivity index (χ0n) is 14.9. The summed E-state index contributed by atoms with van der Waals surface area (Å²) in [5.41, 5.74) is 0.591. The highest BCUT2D eigenvalue weighted by molar-refractivity contribution is 6.33. The summed E-state index contributed by atoms with van der Waals surface area (Å²) < 4.78 is 14.7. The summed E-state index contributed by atoms with van der Waals surface area (Å²) in [6.07, 6.45) is 0.256. The van der Waals surface area contributed by atoms with Crippen molar-refractivity contribution in [3.63, 3.8) is 0 Å². The van der Waals surface area contributed by atoms with E-state index in [4.69, 9.17) is 16.7 Å². The van der Waals surface area contributed by atoms with Gasteiger partial charge in [-0.15, -0.1) is 0 Å². The van der Waals surface area contributed by atoms with E-state index >= 15 is 0 Å². The standard InChI is InChI=1S/C18H17ClFN5O3/c1-9-15(19)11(7-21)16(23-9)17(26)24-13-3-5-25(8-12(13)20)14-6-10(18(27)28)2-4-22-14/h2,4,6,12-13,23H,3,5,8H2,1H3,(H,24,26)(H,27,28)/t12-,13+/m0/s1. The molecule has 8 nitrogen and oxygen atoms in total. The molecule has 3 N–H and O–H groups in total. The average Bonchev–Trinajstić information content (AvgIpc) is 2.97. The van der Waals surface area contributed by atoms with Gasteiger partial charge in [0.2, 0.25) is 0 Å². The Balaban J connectivity index is 1.69. The molecule has 10 heteroatoms. The van der Waals surface area contributed by atoms with Crippen molar-refractivity contribution in [2.24, 2.45) is 0 Å². The summed E-state index contributed by atoms with van der Waals surface area (Å²) in [7, 11) is 0. The van der Waals surface area contributed by atoms with Gasteiger partial charge in [0.05, 0.1) is 23.2 Å². The predicted octanol–water partition coefficient (Wildman–Crippen LogP) is 2.29. The second-order valence-corrected chi connectivity index (χ2v) is 6.84.